The van der Waals surface area contributed by atoms with E-state index in [1.807, 2.05) is 31.2 Å². The van der Waals surface area contributed by atoms with E-state index in [4.69, 9.17) is 5.73 Å². The maximum atomic E-state index is 13.0. The number of nitrogens with one attached hydrogen (secondary N) is 2. The minimum atomic E-state index is -0.676. The summed E-state index contributed by atoms with van der Waals surface area (Å²) in [5, 5.41) is 5.82. The van der Waals surface area contributed by atoms with Crippen LogP contribution >= 0.6 is 11.8 Å². The van der Waals surface area contributed by atoms with Crippen LogP contribution in [-0.2, 0) is 33.6 Å². The van der Waals surface area contributed by atoms with Gasteiger partial charge < -0.3 is 21.3 Å². The lowest BCUT2D eigenvalue weighted by molar-refractivity contribution is -0.129. The van der Waals surface area contributed by atoms with E-state index in [-0.39, 0.29) is 30.2 Å². The summed E-state index contributed by atoms with van der Waals surface area (Å²) in [5.41, 5.74) is 10.5. The summed E-state index contributed by atoms with van der Waals surface area (Å²) >= 11 is 1.69. The summed E-state index contributed by atoms with van der Waals surface area (Å²) in [6.07, 6.45) is 6.24. The number of nitrogens with two attached hydrogens (primary N) is 1. The number of carbonyl (C=O) groups excluding carboxylic acids is 3. The second kappa shape index (κ2) is 13.1. The number of rotatable bonds is 10. The number of thioether (sulfide) groups is 1. The van der Waals surface area contributed by atoms with Crippen molar-refractivity contribution in [2.45, 2.75) is 75.3 Å². The Hall–Kier alpha value is -2.84. The quantitative estimate of drug-likeness (QED) is 0.444. The normalized spacial score (nSPS) is 16.7. The molecule has 8 heteroatoms. The number of anilines is 1. The smallest absolute Gasteiger partial charge is 0.242 e. The van der Waals surface area contributed by atoms with Crippen LogP contribution in [-0.4, -0.2) is 48.6 Å². The van der Waals surface area contributed by atoms with Gasteiger partial charge in [0, 0.05) is 49.0 Å². The van der Waals surface area contributed by atoms with Gasteiger partial charge in [-0.1, -0.05) is 30.3 Å². The van der Waals surface area contributed by atoms with E-state index in [1.165, 1.54) is 24.0 Å². The molecule has 0 spiro atoms. The molecule has 0 bridgehead atoms. The number of amides is 3. The zero-order valence-corrected chi connectivity index (χ0v) is 22.4. The Morgan fingerprint density at radius 1 is 1.08 bits per heavy atom. The number of para-hydroxylation sites is 1. The molecular weight excluding hydrogens is 484 g/mol. The van der Waals surface area contributed by atoms with Crippen molar-refractivity contribution in [3.05, 3.63) is 59.2 Å². The first kappa shape index (κ1) is 27.2. The Labute approximate surface area is 223 Å². The molecule has 3 amide bonds. The van der Waals surface area contributed by atoms with Crippen LogP contribution in [0.4, 0.5) is 5.69 Å². The van der Waals surface area contributed by atoms with Gasteiger partial charge in [0.05, 0.1) is 5.69 Å². The van der Waals surface area contributed by atoms with Crippen LogP contribution < -0.4 is 21.3 Å². The highest BCUT2D eigenvalue weighted by Gasteiger charge is 2.24. The minimum Gasteiger partial charge on any atom is -0.353 e. The molecule has 1 aliphatic carbocycles. The molecule has 1 aliphatic heterocycles. The third-order valence-electron chi connectivity index (χ3n) is 6.92. The van der Waals surface area contributed by atoms with E-state index >= 15 is 0 Å². The van der Waals surface area contributed by atoms with Gasteiger partial charge in [0.25, 0.3) is 0 Å². The van der Waals surface area contributed by atoms with Gasteiger partial charge in [-0.25, -0.2) is 0 Å². The Bertz CT molecular complexity index is 1120. The molecular formula is C29H38N4O3S. The molecule has 0 saturated heterocycles. The fourth-order valence-electron chi connectivity index (χ4n) is 4.97. The van der Waals surface area contributed by atoms with Crippen molar-refractivity contribution in [3.63, 3.8) is 0 Å². The molecule has 4 rings (SSSR count). The maximum absolute atomic E-state index is 13.0. The Balaban J connectivity index is 1.37. The number of nitrogens with zero attached hydrogens (tertiary/aromatic N) is 1. The first-order valence-corrected chi connectivity index (χ1v) is 14.3. The van der Waals surface area contributed by atoms with E-state index in [0.29, 0.717) is 32.4 Å². The molecule has 0 fully saturated rings. The van der Waals surface area contributed by atoms with Crippen LogP contribution in [0.5, 0.6) is 0 Å². The lowest BCUT2D eigenvalue weighted by Gasteiger charge is -2.23. The molecule has 0 aromatic heterocycles. The average Bonchev–Trinajstić information content (AvgIpc) is 3.05. The van der Waals surface area contributed by atoms with Crippen LogP contribution in [0.3, 0.4) is 0 Å². The highest BCUT2D eigenvalue weighted by Crippen LogP contribution is 2.34. The lowest BCUT2D eigenvalue weighted by Crippen LogP contribution is -2.50. The van der Waals surface area contributed by atoms with Gasteiger partial charge in [-0.15, -0.1) is 11.8 Å². The second-order valence-corrected chi connectivity index (χ2v) is 11.2. The highest BCUT2D eigenvalue weighted by atomic mass is 32.2. The molecule has 2 aromatic rings. The molecule has 1 unspecified atom stereocenters. The molecule has 1 heterocycles. The largest absolute Gasteiger partial charge is 0.353 e. The number of fused-ring (bicyclic) bond motifs is 2. The standard InChI is InChI=1S/C29H38N4O3S/c1-20(30)19-31-29(36)24(18-21-12-13-22-7-2-3-8-23(22)17-21)32-27(34)11-6-15-33-25-9-4-5-10-26(25)37-16-14-28(33)35/h4-5,9-10,12-13,17,20,24H,2-3,6-8,11,14-16,18-19,30H2,1H3,(H,31,36)(H,32,34)/t20?,24-/m1/s1. The van der Waals surface area contributed by atoms with Gasteiger partial charge in [-0.05, 0) is 67.9 Å². The van der Waals surface area contributed by atoms with Crippen molar-refractivity contribution >= 4 is 35.2 Å². The molecule has 0 radical (unpaired) electrons. The predicted octanol–water partition coefficient (Wildman–Crippen LogP) is 3.37. The number of benzene rings is 2. The third-order valence-corrected chi connectivity index (χ3v) is 7.98. The van der Waals surface area contributed by atoms with Crippen LogP contribution in [0.2, 0.25) is 0 Å². The van der Waals surface area contributed by atoms with Crippen LogP contribution in [0.25, 0.3) is 0 Å². The maximum Gasteiger partial charge on any atom is 0.242 e. The van der Waals surface area contributed by atoms with Crippen molar-refractivity contribution in [2.75, 3.05) is 23.7 Å². The van der Waals surface area contributed by atoms with Crippen LogP contribution in [0.15, 0.2) is 47.4 Å². The Kier molecular flexibility index (Phi) is 9.63. The zero-order chi connectivity index (χ0) is 26.2. The molecule has 7 nitrogen and oxygen atoms in total. The molecule has 198 valence electrons. The number of aryl methyl sites for hydroxylation is 2. The van der Waals surface area contributed by atoms with Gasteiger partial charge in [-0.3, -0.25) is 14.4 Å². The van der Waals surface area contributed by atoms with Crippen molar-refractivity contribution in [2.24, 2.45) is 5.73 Å². The van der Waals surface area contributed by atoms with Gasteiger partial charge in [0.2, 0.25) is 17.7 Å². The van der Waals surface area contributed by atoms with Gasteiger partial charge >= 0.3 is 0 Å². The summed E-state index contributed by atoms with van der Waals surface area (Å²) in [6.45, 7) is 2.65. The number of carbonyl (C=O) groups is 3. The minimum absolute atomic E-state index is 0.0819. The van der Waals surface area contributed by atoms with Gasteiger partial charge in [0.1, 0.15) is 6.04 Å². The van der Waals surface area contributed by atoms with Gasteiger partial charge in [-0.2, -0.15) is 0 Å². The molecule has 37 heavy (non-hydrogen) atoms. The summed E-state index contributed by atoms with van der Waals surface area (Å²) in [5.74, 6) is 0.424. The SMILES string of the molecule is CC(N)CNC(=O)[C@@H](Cc1ccc2c(c1)CCCC2)NC(=O)CCCN1C(=O)CCSc2ccccc21. The Morgan fingerprint density at radius 3 is 2.68 bits per heavy atom. The number of hydrogen-bond acceptors (Lipinski definition) is 5. The van der Waals surface area contributed by atoms with Crippen molar-refractivity contribution < 1.29 is 14.4 Å². The first-order chi connectivity index (χ1) is 17.9. The monoisotopic (exact) mass is 522 g/mol. The average molecular weight is 523 g/mol. The summed E-state index contributed by atoms with van der Waals surface area (Å²) < 4.78 is 0. The van der Waals surface area contributed by atoms with Crippen LogP contribution in [0.1, 0.15) is 55.7 Å². The van der Waals surface area contributed by atoms with Crippen molar-refractivity contribution in [1.82, 2.24) is 10.6 Å². The fraction of sp³-hybridized carbons (Fsp3) is 0.483. The number of hydrogen-bond donors (Lipinski definition) is 3. The second-order valence-electron chi connectivity index (χ2n) is 10.1. The van der Waals surface area contributed by atoms with E-state index < -0.39 is 6.04 Å². The van der Waals surface area contributed by atoms with Crippen LogP contribution in [0, 0.1) is 0 Å². The van der Waals surface area contributed by atoms with E-state index in [1.54, 1.807) is 16.7 Å². The van der Waals surface area contributed by atoms with E-state index in [9.17, 15) is 14.4 Å². The molecule has 2 atom stereocenters. The van der Waals surface area contributed by atoms with E-state index in [0.717, 1.165) is 34.7 Å². The lowest BCUT2D eigenvalue weighted by atomic mass is 9.89. The fourth-order valence-corrected chi connectivity index (χ4v) is 5.97. The predicted molar refractivity (Wildman–Crippen MR) is 149 cm³/mol. The molecule has 4 N–H and O–H groups in total. The summed E-state index contributed by atoms with van der Waals surface area (Å²) in [6, 6.07) is 13.5. The topological polar surface area (TPSA) is 105 Å². The zero-order valence-electron chi connectivity index (χ0n) is 21.6. The Morgan fingerprint density at radius 2 is 1.86 bits per heavy atom. The third kappa shape index (κ3) is 7.58. The van der Waals surface area contributed by atoms with E-state index in [2.05, 4.69) is 28.8 Å². The molecule has 2 aliphatic rings. The highest BCUT2D eigenvalue weighted by molar-refractivity contribution is 7.99. The molecule has 0 saturated carbocycles. The first-order valence-electron chi connectivity index (χ1n) is 13.4. The summed E-state index contributed by atoms with van der Waals surface area (Å²) in [4.78, 5) is 41.5. The van der Waals surface area contributed by atoms with Gasteiger partial charge in [0.15, 0.2) is 0 Å². The molecule has 2 aromatic carbocycles. The summed E-state index contributed by atoms with van der Waals surface area (Å²) in [7, 11) is 0. The van der Waals surface area contributed by atoms with Crippen molar-refractivity contribution in [1.29, 1.82) is 0 Å². The van der Waals surface area contributed by atoms with Crippen molar-refractivity contribution in [3.8, 4) is 0 Å².